The fourth-order valence-electron chi connectivity index (χ4n) is 2.27. The summed E-state index contributed by atoms with van der Waals surface area (Å²) in [6.07, 6.45) is -0.722. The first-order valence-corrected chi connectivity index (χ1v) is 9.15. The van der Waals surface area contributed by atoms with Crippen molar-refractivity contribution in [3.63, 3.8) is 0 Å². The number of anilines is 1. The van der Waals surface area contributed by atoms with E-state index in [1.54, 1.807) is 49.4 Å². The van der Waals surface area contributed by atoms with Crippen molar-refractivity contribution in [3.8, 4) is 5.75 Å². The average molecular weight is 390 g/mol. The molecule has 1 amide bonds. The number of aryl methyl sites for hydroxylation is 1. The van der Waals surface area contributed by atoms with Gasteiger partial charge in [-0.15, -0.1) is 0 Å². The third-order valence-corrected chi connectivity index (χ3v) is 3.99. The first-order valence-electron chi connectivity index (χ1n) is 8.77. The van der Waals surface area contributed by atoms with Crippen LogP contribution < -0.4 is 10.1 Å². The first kappa shape index (κ1) is 20.8. The number of hydrogen-bond donors (Lipinski definition) is 1. The van der Waals surface area contributed by atoms with Gasteiger partial charge in [0.2, 0.25) is 0 Å². The molecule has 0 aliphatic heterocycles. The molecule has 1 N–H and O–H groups in total. The topological polar surface area (TPSA) is 64.6 Å². The highest BCUT2D eigenvalue weighted by atomic mass is 35.5. The summed E-state index contributed by atoms with van der Waals surface area (Å²) in [6.45, 7) is 7.79. The Balaban J connectivity index is 1.95. The van der Waals surface area contributed by atoms with E-state index < -0.39 is 12.1 Å². The minimum absolute atomic E-state index is 0.239. The third-order valence-electron chi connectivity index (χ3n) is 3.76. The largest absolute Gasteiger partial charge is 0.479 e. The summed E-state index contributed by atoms with van der Waals surface area (Å²) in [5.41, 5.74) is 2.06. The number of carbonyl (C=O) groups is 2. The Bertz CT molecular complexity index is 802. The molecule has 0 spiro atoms. The molecule has 6 heteroatoms. The Morgan fingerprint density at radius 1 is 1.07 bits per heavy atom. The molecule has 0 aliphatic carbocycles. The normalized spacial score (nSPS) is 11.8. The predicted molar refractivity (Wildman–Crippen MR) is 106 cm³/mol. The van der Waals surface area contributed by atoms with Crippen molar-refractivity contribution in [2.75, 3.05) is 11.9 Å². The molecule has 27 heavy (non-hydrogen) atoms. The zero-order chi connectivity index (χ0) is 20.0. The lowest BCUT2D eigenvalue weighted by Crippen LogP contribution is -2.27. The summed E-state index contributed by atoms with van der Waals surface area (Å²) in [5.74, 6) is 0.103. The van der Waals surface area contributed by atoms with E-state index in [2.05, 4.69) is 5.32 Å². The number of halogens is 1. The quantitative estimate of drug-likeness (QED) is 0.686. The van der Waals surface area contributed by atoms with E-state index in [1.165, 1.54) is 0 Å². The van der Waals surface area contributed by atoms with Crippen LogP contribution in [0.2, 0.25) is 5.02 Å². The van der Waals surface area contributed by atoms with Gasteiger partial charge in [0.05, 0.1) is 6.61 Å². The second kappa shape index (κ2) is 9.42. The third kappa shape index (κ3) is 6.29. The molecular formula is C21H24ClNO4. The highest BCUT2D eigenvalue weighted by molar-refractivity contribution is 6.30. The van der Waals surface area contributed by atoms with Gasteiger partial charge in [0.15, 0.2) is 6.10 Å². The van der Waals surface area contributed by atoms with Crippen LogP contribution >= 0.6 is 11.6 Å². The van der Waals surface area contributed by atoms with Crippen LogP contribution in [0.4, 0.5) is 5.69 Å². The number of rotatable bonds is 7. The minimum Gasteiger partial charge on any atom is -0.479 e. The lowest BCUT2D eigenvalue weighted by Gasteiger charge is -2.15. The van der Waals surface area contributed by atoms with Crippen LogP contribution in [0.15, 0.2) is 42.5 Å². The SMILES string of the molecule is Cc1cc(Cl)ccc1NC(=O)c1ccc(O[C@@H](C)C(=O)OCC(C)C)cc1. The molecule has 0 aliphatic rings. The molecule has 0 bridgehead atoms. The van der Waals surface area contributed by atoms with E-state index >= 15 is 0 Å². The van der Waals surface area contributed by atoms with Gasteiger partial charge in [-0.3, -0.25) is 4.79 Å². The molecule has 1 atom stereocenters. The summed E-state index contributed by atoms with van der Waals surface area (Å²) < 4.78 is 10.7. The standard InChI is InChI=1S/C21H24ClNO4/c1-13(2)12-26-21(25)15(4)27-18-8-5-16(6-9-18)20(24)23-19-10-7-17(22)11-14(19)3/h5-11,13,15H,12H2,1-4H3,(H,23,24)/t15-/m0/s1. The zero-order valence-electron chi connectivity index (χ0n) is 15.9. The van der Waals surface area contributed by atoms with Gasteiger partial charge in [-0.25, -0.2) is 4.79 Å². The van der Waals surface area contributed by atoms with Crippen LogP contribution in [-0.2, 0) is 9.53 Å². The fraction of sp³-hybridized carbons (Fsp3) is 0.333. The Kier molecular flexibility index (Phi) is 7.25. The Labute approximate surface area is 164 Å². The van der Waals surface area contributed by atoms with Crippen LogP contribution in [0.5, 0.6) is 5.75 Å². The molecule has 0 radical (unpaired) electrons. The summed E-state index contributed by atoms with van der Waals surface area (Å²) in [6, 6.07) is 11.8. The smallest absolute Gasteiger partial charge is 0.347 e. The van der Waals surface area contributed by atoms with Crippen molar-refractivity contribution in [3.05, 3.63) is 58.6 Å². The van der Waals surface area contributed by atoms with Gasteiger partial charge in [-0.1, -0.05) is 25.4 Å². The van der Waals surface area contributed by atoms with Gasteiger partial charge in [0.1, 0.15) is 5.75 Å². The Morgan fingerprint density at radius 2 is 1.74 bits per heavy atom. The van der Waals surface area contributed by atoms with Crippen LogP contribution in [0.1, 0.15) is 36.7 Å². The Hall–Kier alpha value is -2.53. The molecule has 2 aromatic carbocycles. The van der Waals surface area contributed by atoms with Gasteiger partial charge in [0, 0.05) is 16.3 Å². The van der Waals surface area contributed by atoms with Gasteiger partial charge >= 0.3 is 5.97 Å². The van der Waals surface area contributed by atoms with Gasteiger partial charge in [0.25, 0.3) is 5.91 Å². The number of hydrogen-bond acceptors (Lipinski definition) is 4. The molecule has 5 nitrogen and oxygen atoms in total. The molecule has 0 heterocycles. The number of esters is 1. The molecule has 0 aromatic heterocycles. The lowest BCUT2D eigenvalue weighted by molar-refractivity contribution is -0.152. The fourth-order valence-corrected chi connectivity index (χ4v) is 2.49. The maximum Gasteiger partial charge on any atom is 0.347 e. The first-order chi connectivity index (χ1) is 12.8. The monoisotopic (exact) mass is 389 g/mol. The van der Waals surface area contributed by atoms with E-state index in [-0.39, 0.29) is 11.8 Å². The molecule has 0 fully saturated rings. The highest BCUT2D eigenvalue weighted by Gasteiger charge is 2.17. The maximum absolute atomic E-state index is 12.4. The van der Waals surface area contributed by atoms with E-state index in [0.29, 0.717) is 28.6 Å². The maximum atomic E-state index is 12.4. The number of amides is 1. The average Bonchev–Trinajstić information content (AvgIpc) is 2.62. The van der Waals surface area contributed by atoms with E-state index in [1.807, 2.05) is 20.8 Å². The summed E-state index contributed by atoms with van der Waals surface area (Å²) in [5, 5.41) is 3.47. The van der Waals surface area contributed by atoms with Crippen molar-refractivity contribution in [2.45, 2.75) is 33.8 Å². The molecule has 0 unspecified atom stereocenters. The number of nitrogens with one attached hydrogen (secondary N) is 1. The van der Waals surface area contributed by atoms with E-state index in [4.69, 9.17) is 21.1 Å². The van der Waals surface area contributed by atoms with Crippen LogP contribution in [0.25, 0.3) is 0 Å². The number of benzene rings is 2. The van der Waals surface area contributed by atoms with Gasteiger partial charge in [-0.2, -0.15) is 0 Å². The Morgan fingerprint density at radius 3 is 2.33 bits per heavy atom. The number of carbonyl (C=O) groups excluding carboxylic acids is 2. The second-order valence-electron chi connectivity index (χ2n) is 6.72. The van der Waals surface area contributed by atoms with Crippen molar-refractivity contribution in [1.29, 1.82) is 0 Å². The highest BCUT2D eigenvalue weighted by Crippen LogP contribution is 2.21. The molecule has 0 saturated heterocycles. The molecule has 2 aromatic rings. The van der Waals surface area contributed by atoms with Gasteiger partial charge < -0.3 is 14.8 Å². The number of ether oxygens (including phenoxy) is 2. The van der Waals surface area contributed by atoms with Crippen LogP contribution in [0, 0.1) is 12.8 Å². The van der Waals surface area contributed by atoms with Crippen molar-refractivity contribution in [2.24, 2.45) is 5.92 Å². The van der Waals surface area contributed by atoms with E-state index in [9.17, 15) is 9.59 Å². The molecule has 0 saturated carbocycles. The van der Waals surface area contributed by atoms with Crippen molar-refractivity contribution >= 4 is 29.2 Å². The summed E-state index contributed by atoms with van der Waals surface area (Å²) >= 11 is 5.93. The minimum atomic E-state index is -0.722. The second-order valence-corrected chi connectivity index (χ2v) is 7.16. The van der Waals surface area contributed by atoms with Crippen molar-refractivity contribution in [1.82, 2.24) is 0 Å². The summed E-state index contributed by atoms with van der Waals surface area (Å²) in [4.78, 5) is 24.2. The van der Waals surface area contributed by atoms with Crippen LogP contribution in [0.3, 0.4) is 0 Å². The van der Waals surface area contributed by atoms with E-state index in [0.717, 1.165) is 5.56 Å². The van der Waals surface area contributed by atoms with Gasteiger partial charge in [-0.05, 0) is 67.8 Å². The van der Waals surface area contributed by atoms with Crippen molar-refractivity contribution < 1.29 is 19.1 Å². The lowest BCUT2D eigenvalue weighted by atomic mass is 10.1. The van der Waals surface area contributed by atoms with Crippen LogP contribution in [-0.4, -0.2) is 24.6 Å². The molecular weight excluding hydrogens is 366 g/mol. The predicted octanol–water partition coefficient (Wildman–Crippen LogP) is 4.87. The molecule has 144 valence electrons. The summed E-state index contributed by atoms with van der Waals surface area (Å²) in [7, 11) is 0. The zero-order valence-corrected chi connectivity index (χ0v) is 16.7. The molecule has 2 rings (SSSR count).